The molecule has 4 heterocycles. The zero-order valence-electron chi connectivity index (χ0n) is 20.8. The van der Waals surface area contributed by atoms with Crippen LogP contribution in [-0.4, -0.2) is 58.1 Å². The van der Waals surface area contributed by atoms with Crippen LogP contribution in [0.25, 0.3) is 11.1 Å². The fourth-order valence-electron chi connectivity index (χ4n) is 4.14. The first-order valence-corrected chi connectivity index (χ1v) is 11.9. The number of nitrogens with one attached hydrogen (secondary N) is 1. The number of fused-ring (bicyclic) bond motifs is 1. The van der Waals surface area contributed by atoms with Crippen LogP contribution in [0, 0.1) is 0 Å². The first kappa shape index (κ1) is 27.4. The van der Waals surface area contributed by atoms with Gasteiger partial charge >= 0.3 is 6.18 Å². The van der Waals surface area contributed by atoms with Crippen molar-refractivity contribution >= 4 is 11.7 Å². The number of nitrogens with two attached hydrogens (primary N) is 1. The average Bonchev–Trinajstić information content (AvgIpc) is 3.22. The lowest BCUT2D eigenvalue weighted by atomic mass is 10.0. The third kappa shape index (κ3) is 7.03. The minimum Gasteiger partial charge on any atom is -0.382 e. The molecule has 3 unspecified atom stereocenters. The van der Waals surface area contributed by atoms with Crippen LogP contribution >= 0.6 is 0 Å². The highest BCUT2D eigenvalue weighted by Gasteiger charge is 2.47. The van der Waals surface area contributed by atoms with Crippen molar-refractivity contribution in [2.75, 3.05) is 18.9 Å². The van der Waals surface area contributed by atoms with E-state index in [1.165, 1.54) is 0 Å². The van der Waals surface area contributed by atoms with E-state index in [1.54, 1.807) is 12.3 Å². The van der Waals surface area contributed by atoms with Crippen LogP contribution in [0.3, 0.4) is 0 Å². The number of nitrogens with zero attached hydrogens (tertiary/aromatic N) is 3. The van der Waals surface area contributed by atoms with E-state index in [4.69, 9.17) is 19.9 Å². The quantitative estimate of drug-likeness (QED) is 0.521. The van der Waals surface area contributed by atoms with E-state index in [-0.39, 0.29) is 30.0 Å². The lowest BCUT2D eigenvalue weighted by Crippen LogP contribution is -2.48. The summed E-state index contributed by atoms with van der Waals surface area (Å²) in [5.41, 5.74) is 6.34. The summed E-state index contributed by atoms with van der Waals surface area (Å²) in [7, 11) is 0. The predicted molar refractivity (Wildman–Crippen MR) is 132 cm³/mol. The molecule has 5 rings (SSSR count). The molecule has 0 radical (unpaired) electrons. The van der Waals surface area contributed by atoms with Gasteiger partial charge in [-0.05, 0) is 31.9 Å². The number of nitrogen functional groups attached to an aromatic ring is 1. The zero-order chi connectivity index (χ0) is 27.3. The van der Waals surface area contributed by atoms with Gasteiger partial charge in [0.15, 0.2) is 11.5 Å². The molecule has 0 bridgehead atoms. The van der Waals surface area contributed by atoms with Crippen LogP contribution < -0.4 is 11.1 Å². The number of halogens is 3. The van der Waals surface area contributed by atoms with E-state index in [9.17, 15) is 18.0 Å². The molecule has 0 saturated carbocycles. The molecule has 12 heteroatoms. The first-order chi connectivity index (χ1) is 18.0. The van der Waals surface area contributed by atoms with Crippen LogP contribution in [0.15, 0.2) is 61.1 Å². The van der Waals surface area contributed by atoms with Gasteiger partial charge in [-0.15, -0.1) is 0 Å². The highest BCUT2D eigenvalue weighted by molar-refractivity contribution is 5.92. The van der Waals surface area contributed by atoms with E-state index in [1.807, 2.05) is 50.2 Å². The Morgan fingerprint density at radius 2 is 1.84 bits per heavy atom. The Balaban J connectivity index is 0.000000257. The molecule has 0 spiro atoms. The molecule has 0 aliphatic carbocycles. The summed E-state index contributed by atoms with van der Waals surface area (Å²) in [6.07, 6.45) is -0.650. The van der Waals surface area contributed by atoms with Crippen molar-refractivity contribution in [3.63, 3.8) is 0 Å². The molecule has 38 heavy (non-hydrogen) atoms. The van der Waals surface area contributed by atoms with Crippen LogP contribution in [0.5, 0.6) is 0 Å². The molecular weight excluding hydrogens is 503 g/mol. The van der Waals surface area contributed by atoms with Gasteiger partial charge in [0.1, 0.15) is 23.7 Å². The molecule has 2 aliphatic heterocycles. The standard InChI is InChI=1S/C21H24N2O4.C5H4F3N3/c1-21(2)26-17-10-11-25-18(19(17)27-21)13-23-20(24)16-9-8-15(12-22-16)14-6-4-3-5-7-14;6-5(7,8)3-1-10-2-4(9)11-3/h3-9,12,17-19H,10-11,13H2,1-2H3,(H,23,24);1-2H,(H2,9,11). The van der Waals surface area contributed by atoms with Crippen molar-refractivity contribution in [2.24, 2.45) is 0 Å². The minimum absolute atomic E-state index is 0.0129. The Morgan fingerprint density at radius 3 is 2.47 bits per heavy atom. The SMILES string of the molecule is CC1(C)OC2CCOC(CNC(=O)c3ccc(-c4ccccc4)cn3)C2O1.Nc1cncc(C(F)(F)F)n1. The number of ether oxygens (including phenoxy) is 3. The number of aromatic nitrogens is 3. The molecule has 2 fully saturated rings. The Bertz CT molecular complexity index is 1230. The molecule has 2 aromatic heterocycles. The molecule has 2 aliphatic rings. The van der Waals surface area contributed by atoms with Gasteiger partial charge in [0.25, 0.3) is 5.91 Å². The molecular formula is C26H28F3N5O4. The Morgan fingerprint density at radius 1 is 1.08 bits per heavy atom. The summed E-state index contributed by atoms with van der Waals surface area (Å²) in [6.45, 7) is 4.77. The number of carbonyl (C=O) groups is 1. The van der Waals surface area contributed by atoms with Gasteiger partial charge < -0.3 is 25.3 Å². The number of anilines is 1. The number of rotatable bonds is 4. The van der Waals surface area contributed by atoms with Gasteiger partial charge in [-0.3, -0.25) is 14.8 Å². The van der Waals surface area contributed by atoms with Crippen LogP contribution in [-0.2, 0) is 20.4 Å². The summed E-state index contributed by atoms with van der Waals surface area (Å²) in [5.74, 6) is -1.07. The molecule has 3 N–H and O–H groups in total. The first-order valence-electron chi connectivity index (χ1n) is 11.9. The van der Waals surface area contributed by atoms with Gasteiger partial charge in [0.2, 0.25) is 0 Å². The van der Waals surface area contributed by atoms with E-state index in [2.05, 4.69) is 20.3 Å². The van der Waals surface area contributed by atoms with Gasteiger partial charge in [-0.25, -0.2) is 4.98 Å². The molecule has 202 valence electrons. The second-order valence-electron chi connectivity index (χ2n) is 9.17. The van der Waals surface area contributed by atoms with Crippen molar-refractivity contribution < 1.29 is 32.2 Å². The molecule has 9 nitrogen and oxygen atoms in total. The number of amides is 1. The highest BCUT2D eigenvalue weighted by Crippen LogP contribution is 2.35. The summed E-state index contributed by atoms with van der Waals surface area (Å²) in [6, 6.07) is 13.6. The zero-order valence-corrected chi connectivity index (χ0v) is 20.8. The summed E-state index contributed by atoms with van der Waals surface area (Å²) in [5, 5.41) is 2.91. The second kappa shape index (κ2) is 11.4. The van der Waals surface area contributed by atoms with E-state index in [0.29, 0.717) is 25.0 Å². The number of hydrogen-bond acceptors (Lipinski definition) is 8. The number of carbonyl (C=O) groups excluding carboxylic acids is 1. The third-order valence-electron chi connectivity index (χ3n) is 5.83. The maximum absolute atomic E-state index is 12.5. The van der Waals surface area contributed by atoms with Crippen LogP contribution in [0.1, 0.15) is 36.5 Å². The van der Waals surface area contributed by atoms with Crippen molar-refractivity contribution in [1.29, 1.82) is 0 Å². The molecule has 1 aromatic carbocycles. The molecule has 2 saturated heterocycles. The topological polar surface area (TPSA) is 121 Å². The Hall–Kier alpha value is -3.61. The normalized spacial score (nSPS) is 22.1. The van der Waals surface area contributed by atoms with E-state index >= 15 is 0 Å². The minimum atomic E-state index is -4.47. The third-order valence-corrected chi connectivity index (χ3v) is 5.83. The van der Waals surface area contributed by atoms with Crippen molar-refractivity contribution in [3.8, 4) is 11.1 Å². The summed E-state index contributed by atoms with van der Waals surface area (Å²) >= 11 is 0. The number of hydrogen-bond donors (Lipinski definition) is 2. The number of benzene rings is 1. The number of pyridine rings is 1. The van der Waals surface area contributed by atoms with Gasteiger partial charge in [-0.1, -0.05) is 36.4 Å². The fraction of sp³-hybridized carbons (Fsp3) is 0.385. The Labute approximate surface area is 217 Å². The van der Waals surface area contributed by atoms with Gasteiger partial charge in [-0.2, -0.15) is 13.2 Å². The largest absolute Gasteiger partial charge is 0.434 e. The molecule has 1 amide bonds. The highest BCUT2D eigenvalue weighted by atomic mass is 19.4. The fourth-order valence-corrected chi connectivity index (χ4v) is 4.14. The lowest BCUT2D eigenvalue weighted by Gasteiger charge is -2.31. The Kier molecular flexibility index (Phi) is 8.24. The predicted octanol–water partition coefficient (Wildman–Crippen LogP) is 3.87. The summed E-state index contributed by atoms with van der Waals surface area (Å²) < 4.78 is 53.1. The van der Waals surface area contributed by atoms with Crippen LogP contribution in [0.4, 0.5) is 19.0 Å². The second-order valence-corrected chi connectivity index (χ2v) is 9.17. The van der Waals surface area contributed by atoms with Crippen molar-refractivity contribution in [2.45, 2.75) is 50.5 Å². The maximum Gasteiger partial charge on any atom is 0.434 e. The van der Waals surface area contributed by atoms with Gasteiger partial charge in [0, 0.05) is 24.9 Å². The maximum atomic E-state index is 12.5. The van der Waals surface area contributed by atoms with Crippen molar-refractivity contribution in [1.82, 2.24) is 20.3 Å². The van der Waals surface area contributed by atoms with E-state index < -0.39 is 17.7 Å². The number of alkyl halides is 3. The molecule has 3 atom stereocenters. The smallest absolute Gasteiger partial charge is 0.382 e. The van der Waals surface area contributed by atoms with Crippen molar-refractivity contribution in [3.05, 3.63) is 72.4 Å². The van der Waals surface area contributed by atoms with Gasteiger partial charge in [0.05, 0.1) is 18.5 Å². The monoisotopic (exact) mass is 531 g/mol. The summed E-state index contributed by atoms with van der Waals surface area (Å²) in [4.78, 5) is 23.0. The average molecular weight is 532 g/mol. The molecule has 3 aromatic rings. The lowest BCUT2D eigenvalue weighted by molar-refractivity contribution is -0.153. The van der Waals surface area contributed by atoms with E-state index in [0.717, 1.165) is 23.7 Å². The van der Waals surface area contributed by atoms with Crippen LogP contribution in [0.2, 0.25) is 0 Å².